The van der Waals surface area contributed by atoms with Gasteiger partial charge in [-0.25, -0.2) is 0 Å². The topological polar surface area (TPSA) is 42.4 Å². The summed E-state index contributed by atoms with van der Waals surface area (Å²) in [6.07, 6.45) is 7.03. The molecule has 0 unspecified atom stereocenters. The zero-order chi connectivity index (χ0) is 21.5. The minimum absolute atomic E-state index is 0.0464. The minimum atomic E-state index is 0.0464. The van der Waals surface area contributed by atoms with Gasteiger partial charge in [0.2, 0.25) is 0 Å². The maximum absolute atomic E-state index is 13.3. The lowest BCUT2D eigenvalue weighted by Crippen LogP contribution is -2.38. The Kier molecular flexibility index (Phi) is 7.21. The van der Waals surface area contributed by atoms with Crippen LogP contribution in [-0.2, 0) is 13.0 Å². The van der Waals surface area contributed by atoms with Crippen LogP contribution in [0.1, 0.15) is 47.3 Å². The molecular weight excluding hydrogens is 408 g/mol. The third-order valence-corrected chi connectivity index (χ3v) is 5.96. The van der Waals surface area contributed by atoms with Crippen LogP contribution in [-0.4, -0.2) is 28.4 Å². The van der Waals surface area contributed by atoms with E-state index in [4.69, 9.17) is 16.3 Å². The van der Waals surface area contributed by atoms with Crippen molar-refractivity contribution in [1.82, 2.24) is 9.88 Å². The summed E-state index contributed by atoms with van der Waals surface area (Å²) in [5.74, 6) is 0.873. The maximum Gasteiger partial charge on any atom is 0.254 e. The molecule has 0 aliphatic heterocycles. The standard InChI is InChI=1S/C26H27ClN2O2/c27-22-7-5-6-21(18-22)26(30)29(24-9-1-2-10-24)19-20-11-13-25(14-12-20)31-17-15-23-8-3-4-16-28-23/h3-8,11-14,16,18,24H,1-2,9-10,15,17,19H2. The largest absolute Gasteiger partial charge is 0.493 e. The third kappa shape index (κ3) is 5.86. The van der Waals surface area contributed by atoms with Gasteiger partial charge in [0.15, 0.2) is 0 Å². The van der Waals surface area contributed by atoms with Gasteiger partial charge in [0.05, 0.1) is 6.61 Å². The van der Waals surface area contributed by atoms with Gasteiger partial charge in [-0.15, -0.1) is 0 Å². The van der Waals surface area contributed by atoms with Gasteiger partial charge in [-0.1, -0.05) is 48.7 Å². The highest BCUT2D eigenvalue weighted by atomic mass is 35.5. The summed E-state index contributed by atoms with van der Waals surface area (Å²) in [5.41, 5.74) is 2.76. The van der Waals surface area contributed by atoms with Gasteiger partial charge in [0.25, 0.3) is 5.91 Å². The number of benzene rings is 2. The Bertz CT molecular complexity index is 986. The average Bonchev–Trinajstić information content (AvgIpc) is 3.33. The Labute approximate surface area is 188 Å². The molecule has 160 valence electrons. The van der Waals surface area contributed by atoms with Gasteiger partial charge < -0.3 is 9.64 Å². The van der Waals surface area contributed by atoms with Gasteiger partial charge >= 0.3 is 0 Å². The highest BCUT2D eigenvalue weighted by molar-refractivity contribution is 6.30. The van der Waals surface area contributed by atoms with Crippen LogP contribution in [0.25, 0.3) is 0 Å². The summed E-state index contributed by atoms with van der Waals surface area (Å²) >= 11 is 6.12. The van der Waals surface area contributed by atoms with Gasteiger partial charge in [0, 0.05) is 41.5 Å². The molecule has 0 saturated heterocycles. The zero-order valence-corrected chi connectivity index (χ0v) is 18.3. The van der Waals surface area contributed by atoms with Crippen molar-refractivity contribution in [1.29, 1.82) is 0 Å². The Morgan fingerprint density at radius 2 is 1.84 bits per heavy atom. The van der Waals surface area contributed by atoms with Crippen molar-refractivity contribution in [2.24, 2.45) is 0 Å². The molecule has 1 aliphatic rings. The normalized spacial score (nSPS) is 13.8. The van der Waals surface area contributed by atoms with E-state index in [0.29, 0.717) is 23.7 Å². The van der Waals surface area contributed by atoms with E-state index >= 15 is 0 Å². The van der Waals surface area contributed by atoms with Crippen LogP contribution in [0.15, 0.2) is 72.9 Å². The maximum atomic E-state index is 13.3. The number of carbonyl (C=O) groups is 1. The number of carbonyl (C=O) groups excluding carboxylic acids is 1. The fraction of sp³-hybridized carbons (Fsp3) is 0.308. The van der Waals surface area contributed by atoms with E-state index in [2.05, 4.69) is 4.98 Å². The molecule has 31 heavy (non-hydrogen) atoms. The lowest BCUT2D eigenvalue weighted by molar-refractivity contribution is 0.0664. The van der Waals surface area contributed by atoms with Gasteiger partial charge in [-0.05, 0) is 60.9 Å². The molecule has 1 aliphatic carbocycles. The molecule has 0 bridgehead atoms. The molecule has 4 rings (SSSR count). The first-order chi connectivity index (χ1) is 15.2. The second-order valence-corrected chi connectivity index (χ2v) is 8.38. The van der Waals surface area contributed by atoms with Crippen LogP contribution in [0.3, 0.4) is 0 Å². The number of hydrogen-bond acceptors (Lipinski definition) is 3. The number of rotatable bonds is 8. The molecule has 0 spiro atoms. The molecule has 1 aromatic heterocycles. The second-order valence-electron chi connectivity index (χ2n) is 7.95. The van der Waals surface area contributed by atoms with Gasteiger partial charge in [-0.3, -0.25) is 9.78 Å². The first-order valence-corrected chi connectivity index (χ1v) is 11.2. The van der Waals surface area contributed by atoms with Crippen molar-refractivity contribution in [3.8, 4) is 5.75 Å². The highest BCUT2D eigenvalue weighted by Crippen LogP contribution is 2.27. The number of nitrogens with zero attached hydrogens (tertiary/aromatic N) is 2. The Balaban J connectivity index is 1.40. The average molecular weight is 435 g/mol. The fourth-order valence-corrected chi connectivity index (χ4v) is 4.27. The SMILES string of the molecule is O=C(c1cccc(Cl)c1)N(Cc1ccc(OCCc2ccccn2)cc1)C1CCCC1. The molecule has 0 N–H and O–H groups in total. The Hall–Kier alpha value is -2.85. The van der Waals surface area contributed by atoms with E-state index in [1.807, 2.05) is 59.5 Å². The summed E-state index contributed by atoms with van der Waals surface area (Å²) in [4.78, 5) is 19.6. The third-order valence-electron chi connectivity index (χ3n) is 5.73. The van der Waals surface area contributed by atoms with Crippen LogP contribution in [0.2, 0.25) is 5.02 Å². The summed E-state index contributed by atoms with van der Waals surface area (Å²) in [7, 11) is 0. The monoisotopic (exact) mass is 434 g/mol. The van der Waals surface area contributed by atoms with E-state index in [-0.39, 0.29) is 11.9 Å². The van der Waals surface area contributed by atoms with Crippen molar-refractivity contribution in [3.05, 3.63) is 94.8 Å². The van der Waals surface area contributed by atoms with Crippen molar-refractivity contribution < 1.29 is 9.53 Å². The quantitative estimate of drug-likeness (QED) is 0.440. The summed E-state index contributed by atoms with van der Waals surface area (Å²) in [6.45, 7) is 1.17. The predicted octanol–water partition coefficient (Wildman–Crippen LogP) is 5.94. The van der Waals surface area contributed by atoms with Gasteiger partial charge in [0.1, 0.15) is 5.75 Å². The van der Waals surface area contributed by atoms with E-state index in [9.17, 15) is 4.79 Å². The lowest BCUT2D eigenvalue weighted by atomic mass is 10.1. The Morgan fingerprint density at radius 1 is 1.03 bits per heavy atom. The molecule has 4 nitrogen and oxygen atoms in total. The predicted molar refractivity (Wildman–Crippen MR) is 123 cm³/mol. The van der Waals surface area contributed by atoms with E-state index in [0.717, 1.165) is 36.3 Å². The van der Waals surface area contributed by atoms with Crippen molar-refractivity contribution >= 4 is 17.5 Å². The molecule has 2 aromatic carbocycles. The molecule has 0 atom stereocenters. The molecule has 3 aromatic rings. The summed E-state index contributed by atoms with van der Waals surface area (Å²) in [6, 6.07) is 21.4. The molecule has 1 saturated carbocycles. The van der Waals surface area contributed by atoms with Crippen molar-refractivity contribution in [2.75, 3.05) is 6.61 Å². The molecule has 1 fully saturated rings. The van der Waals surface area contributed by atoms with E-state index in [1.54, 1.807) is 18.3 Å². The number of hydrogen-bond donors (Lipinski definition) is 0. The fourth-order valence-electron chi connectivity index (χ4n) is 4.08. The molecule has 5 heteroatoms. The molecular formula is C26H27ClN2O2. The summed E-state index contributed by atoms with van der Waals surface area (Å²) in [5, 5.41) is 0.587. The van der Waals surface area contributed by atoms with Crippen LogP contribution >= 0.6 is 11.6 Å². The van der Waals surface area contributed by atoms with Crippen LogP contribution in [0, 0.1) is 0 Å². The molecule has 0 radical (unpaired) electrons. The zero-order valence-electron chi connectivity index (χ0n) is 17.5. The van der Waals surface area contributed by atoms with Crippen LogP contribution < -0.4 is 4.74 Å². The number of amides is 1. The Morgan fingerprint density at radius 3 is 2.55 bits per heavy atom. The minimum Gasteiger partial charge on any atom is -0.493 e. The lowest BCUT2D eigenvalue weighted by Gasteiger charge is -2.29. The van der Waals surface area contributed by atoms with Crippen LogP contribution in [0.4, 0.5) is 0 Å². The van der Waals surface area contributed by atoms with Crippen molar-refractivity contribution in [2.45, 2.75) is 44.7 Å². The van der Waals surface area contributed by atoms with Crippen molar-refractivity contribution in [3.63, 3.8) is 0 Å². The van der Waals surface area contributed by atoms with E-state index in [1.165, 1.54) is 12.8 Å². The van der Waals surface area contributed by atoms with Gasteiger partial charge in [-0.2, -0.15) is 0 Å². The smallest absolute Gasteiger partial charge is 0.254 e. The number of halogens is 1. The first-order valence-electron chi connectivity index (χ1n) is 10.9. The second kappa shape index (κ2) is 10.5. The number of aromatic nitrogens is 1. The summed E-state index contributed by atoms with van der Waals surface area (Å²) < 4.78 is 5.86. The van der Waals surface area contributed by atoms with Crippen LogP contribution in [0.5, 0.6) is 5.75 Å². The first kappa shape index (κ1) is 21.4. The van der Waals surface area contributed by atoms with E-state index < -0.39 is 0 Å². The molecule has 1 heterocycles. The number of ether oxygens (including phenoxy) is 1. The highest BCUT2D eigenvalue weighted by Gasteiger charge is 2.27. The molecule has 1 amide bonds. The number of pyridine rings is 1.